The molecule has 6 heteroatoms. The van der Waals surface area contributed by atoms with Crippen LogP contribution >= 0.6 is 0 Å². The van der Waals surface area contributed by atoms with Crippen LogP contribution in [0.25, 0.3) is 0 Å². The number of para-hydroxylation sites is 1. The van der Waals surface area contributed by atoms with Crippen molar-refractivity contribution in [2.45, 2.75) is 18.7 Å². The summed E-state index contributed by atoms with van der Waals surface area (Å²) in [5.41, 5.74) is 1.96. The summed E-state index contributed by atoms with van der Waals surface area (Å²) in [7, 11) is -2.10. The van der Waals surface area contributed by atoms with Gasteiger partial charge in [0.25, 0.3) is 0 Å². The van der Waals surface area contributed by atoms with Crippen LogP contribution in [0.5, 0.6) is 5.75 Å². The zero-order valence-corrected chi connectivity index (χ0v) is 14.2. The van der Waals surface area contributed by atoms with Gasteiger partial charge in [-0.1, -0.05) is 18.2 Å². The second kappa shape index (κ2) is 7.10. The summed E-state index contributed by atoms with van der Waals surface area (Å²) >= 11 is 0. The van der Waals surface area contributed by atoms with E-state index in [2.05, 4.69) is 0 Å². The van der Waals surface area contributed by atoms with Crippen LogP contribution in [-0.2, 0) is 10.0 Å². The summed E-state index contributed by atoms with van der Waals surface area (Å²) < 4.78 is 44.9. The highest BCUT2D eigenvalue weighted by atomic mass is 32.2. The molecule has 2 rings (SSSR count). The number of hydrogen-bond donors (Lipinski definition) is 0. The predicted molar refractivity (Wildman–Crippen MR) is 87.6 cm³/mol. The Balaban J connectivity index is 2.03. The van der Waals surface area contributed by atoms with Crippen molar-refractivity contribution in [2.24, 2.45) is 0 Å². The highest BCUT2D eigenvalue weighted by Gasteiger charge is 2.21. The van der Waals surface area contributed by atoms with Crippen LogP contribution in [0.4, 0.5) is 4.39 Å². The largest absolute Gasteiger partial charge is 0.489 e. The Hall–Kier alpha value is -1.92. The Kier molecular flexibility index (Phi) is 5.38. The molecule has 0 N–H and O–H groups in total. The molecule has 0 fully saturated rings. The molecule has 0 radical (unpaired) electrons. The van der Waals surface area contributed by atoms with Gasteiger partial charge in [0.1, 0.15) is 6.61 Å². The summed E-state index contributed by atoms with van der Waals surface area (Å²) in [4.78, 5) is 0.244. The van der Waals surface area contributed by atoms with Gasteiger partial charge in [-0.3, -0.25) is 0 Å². The summed E-state index contributed by atoms with van der Waals surface area (Å²) in [6, 6.07) is 11.1. The van der Waals surface area contributed by atoms with Crippen molar-refractivity contribution in [2.75, 3.05) is 20.2 Å². The lowest BCUT2D eigenvalue weighted by molar-refractivity contribution is 0.275. The average molecular weight is 337 g/mol. The number of rotatable bonds is 6. The molecular weight excluding hydrogens is 317 g/mol. The van der Waals surface area contributed by atoms with Gasteiger partial charge in [-0.05, 0) is 49.2 Å². The minimum atomic E-state index is -3.58. The normalized spacial score (nSPS) is 11.7. The van der Waals surface area contributed by atoms with Gasteiger partial charge in [0.15, 0.2) is 11.6 Å². The van der Waals surface area contributed by atoms with E-state index in [-0.39, 0.29) is 23.8 Å². The number of benzene rings is 2. The maximum absolute atomic E-state index is 13.4. The minimum Gasteiger partial charge on any atom is -0.489 e. The van der Waals surface area contributed by atoms with Crippen LogP contribution in [0.2, 0.25) is 0 Å². The summed E-state index contributed by atoms with van der Waals surface area (Å²) in [5, 5.41) is 0. The monoisotopic (exact) mass is 337 g/mol. The number of nitrogens with zero attached hydrogens (tertiary/aromatic N) is 1. The molecule has 0 unspecified atom stereocenters. The zero-order valence-electron chi connectivity index (χ0n) is 13.4. The summed E-state index contributed by atoms with van der Waals surface area (Å²) in [6.45, 7) is 4.00. The van der Waals surface area contributed by atoms with Gasteiger partial charge < -0.3 is 4.74 Å². The van der Waals surface area contributed by atoms with E-state index >= 15 is 0 Å². The molecule has 23 heavy (non-hydrogen) atoms. The van der Waals surface area contributed by atoms with E-state index in [0.717, 1.165) is 11.1 Å². The van der Waals surface area contributed by atoms with Gasteiger partial charge in [-0.15, -0.1) is 0 Å². The Morgan fingerprint density at radius 1 is 1.09 bits per heavy atom. The Morgan fingerprint density at radius 2 is 1.78 bits per heavy atom. The van der Waals surface area contributed by atoms with Crippen molar-refractivity contribution < 1.29 is 17.5 Å². The van der Waals surface area contributed by atoms with Gasteiger partial charge in [-0.25, -0.2) is 12.8 Å². The Bertz CT molecular complexity index is 790. The molecule has 0 saturated heterocycles. The summed E-state index contributed by atoms with van der Waals surface area (Å²) in [5.74, 6) is -0.350. The molecule has 2 aromatic carbocycles. The summed E-state index contributed by atoms with van der Waals surface area (Å²) in [6.07, 6.45) is 0. The third kappa shape index (κ3) is 4.09. The van der Waals surface area contributed by atoms with Crippen LogP contribution in [0, 0.1) is 19.7 Å². The maximum Gasteiger partial charge on any atom is 0.242 e. The molecule has 0 saturated carbocycles. The van der Waals surface area contributed by atoms with Gasteiger partial charge >= 0.3 is 0 Å². The maximum atomic E-state index is 13.4. The highest BCUT2D eigenvalue weighted by molar-refractivity contribution is 7.89. The first-order valence-electron chi connectivity index (χ1n) is 7.23. The van der Waals surface area contributed by atoms with Crippen molar-refractivity contribution in [3.05, 3.63) is 59.4 Å². The molecule has 0 aliphatic carbocycles. The topological polar surface area (TPSA) is 46.6 Å². The van der Waals surface area contributed by atoms with Gasteiger partial charge in [-0.2, -0.15) is 4.31 Å². The number of likely N-dealkylation sites (N-methyl/N-ethyl adjacent to an activating group) is 1. The van der Waals surface area contributed by atoms with E-state index in [1.165, 1.54) is 23.5 Å². The van der Waals surface area contributed by atoms with E-state index in [9.17, 15) is 12.8 Å². The SMILES string of the molecule is Cc1ccc(S(=O)(=O)N(C)CCOc2ccccc2F)cc1C. The lowest BCUT2D eigenvalue weighted by atomic mass is 10.1. The van der Waals surface area contributed by atoms with Gasteiger partial charge in [0.2, 0.25) is 10.0 Å². The fraction of sp³-hybridized carbons (Fsp3) is 0.294. The quantitative estimate of drug-likeness (QED) is 0.813. The molecular formula is C17H20FNO3S. The molecule has 0 atom stereocenters. The number of aryl methyl sites for hydroxylation is 2. The van der Waals surface area contributed by atoms with E-state index in [1.54, 1.807) is 30.3 Å². The molecule has 0 amide bonds. The standard InChI is InChI=1S/C17H20FNO3S/c1-13-8-9-15(12-14(13)2)23(20,21)19(3)10-11-22-17-7-5-4-6-16(17)18/h4-9,12H,10-11H2,1-3H3. The van der Waals surface area contributed by atoms with Crippen LogP contribution < -0.4 is 4.74 Å². The third-order valence-electron chi connectivity index (χ3n) is 3.69. The van der Waals surface area contributed by atoms with E-state index < -0.39 is 15.8 Å². The molecule has 0 heterocycles. The van der Waals surface area contributed by atoms with Crippen LogP contribution in [0.3, 0.4) is 0 Å². The average Bonchev–Trinajstić information content (AvgIpc) is 2.51. The second-order valence-corrected chi connectivity index (χ2v) is 7.40. The fourth-order valence-corrected chi connectivity index (χ4v) is 3.26. The predicted octanol–water partition coefficient (Wildman–Crippen LogP) is 3.14. The molecule has 0 spiro atoms. The Morgan fingerprint density at radius 3 is 2.43 bits per heavy atom. The molecule has 0 aliphatic rings. The molecule has 2 aromatic rings. The van der Waals surface area contributed by atoms with Crippen LogP contribution in [-0.4, -0.2) is 32.9 Å². The van der Waals surface area contributed by atoms with Crippen molar-refractivity contribution in [1.82, 2.24) is 4.31 Å². The Labute approximate surface area is 136 Å². The number of ether oxygens (including phenoxy) is 1. The molecule has 0 aliphatic heterocycles. The van der Waals surface area contributed by atoms with Gasteiger partial charge in [0, 0.05) is 13.6 Å². The lowest BCUT2D eigenvalue weighted by Crippen LogP contribution is -2.31. The zero-order chi connectivity index (χ0) is 17.0. The minimum absolute atomic E-state index is 0.0709. The van der Waals surface area contributed by atoms with Crippen molar-refractivity contribution in [1.29, 1.82) is 0 Å². The number of sulfonamides is 1. The second-order valence-electron chi connectivity index (χ2n) is 5.35. The third-order valence-corrected chi connectivity index (χ3v) is 5.54. The molecule has 124 valence electrons. The number of halogens is 1. The van der Waals surface area contributed by atoms with E-state index in [0.29, 0.717) is 0 Å². The first-order valence-corrected chi connectivity index (χ1v) is 8.67. The van der Waals surface area contributed by atoms with Crippen molar-refractivity contribution in [3.8, 4) is 5.75 Å². The van der Waals surface area contributed by atoms with Crippen LogP contribution in [0.15, 0.2) is 47.4 Å². The smallest absolute Gasteiger partial charge is 0.242 e. The van der Waals surface area contributed by atoms with Gasteiger partial charge in [0.05, 0.1) is 4.90 Å². The number of hydrogen-bond acceptors (Lipinski definition) is 3. The van der Waals surface area contributed by atoms with Crippen molar-refractivity contribution >= 4 is 10.0 Å². The fourth-order valence-electron chi connectivity index (χ4n) is 2.02. The molecule has 4 nitrogen and oxygen atoms in total. The van der Waals surface area contributed by atoms with Crippen molar-refractivity contribution in [3.63, 3.8) is 0 Å². The molecule has 0 bridgehead atoms. The van der Waals surface area contributed by atoms with Crippen LogP contribution in [0.1, 0.15) is 11.1 Å². The first kappa shape index (κ1) is 17.4. The lowest BCUT2D eigenvalue weighted by Gasteiger charge is -2.18. The van der Waals surface area contributed by atoms with E-state index in [4.69, 9.17) is 4.74 Å². The highest BCUT2D eigenvalue weighted by Crippen LogP contribution is 2.19. The molecule has 0 aromatic heterocycles. The first-order chi connectivity index (χ1) is 10.8. The van der Waals surface area contributed by atoms with E-state index in [1.807, 2.05) is 13.8 Å².